The van der Waals surface area contributed by atoms with Gasteiger partial charge < -0.3 is 5.32 Å². The van der Waals surface area contributed by atoms with E-state index in [1.165, 1.54) is 30.6 Å². The second kappa shape index (κ2) is 8.98. The smallest absolute Gasteiger partial charge is 0.0991 e. The molecule has 0 radical (unpaired) electrons. The number of nitrogens with one attached hydrogen (secondary N) is 1. The molecule has 1 N–H and O–H groups in total. The van der Waals surface area contributed by atoms with Gasteiger partial charge in [-0.3, -0.25) is 4.90 Å². The van der Waals surface area contributed by atoms with Crippen molar-refractivity contribution in [3.05, 3.63) is 70.8 Å². The van der Waals surface area contributed by atoms with Crippen LogP contribution in [0.3, 0.4) is 0 Å². The van der Waals surface area contributed by atoms with Gasteiger partial charge in [0.05, 0.1) is 11.6 Å². The van der Waals surface area contributed by atoms with E-state index in [0.717, 1.165) is 42.6 Å². The molecule has 2 atom stereocenters. The van der Waals surface area contributed by atoms with Crippen LogP contribution in [0.25, 0.3) is 0 Å². The largest absolute Gasteiger partial charge is 0.309 e. The first-order valence-corrected chi connectivity index (χ1v) is 9.63. The van der Waals surface area contributed by atoms with Crippen molar-refractivity contribution >= 4 is 0 Å². The molecular formula is C23H29N3. The average Bonchev–Trinajstić information content (AvgIpc) is 2.62. The van der Waals surface area contributed by atoms with E-state index in [4.69, 9.17) is 5.26 Å². The Bertz CT molecular complexity index is 752. The molecule has 0 aliphatic carbocycles. The van der Waals surface area contributed by atoms with Crippen LogP contribution in [0.5, 0.6) is 0 Å². The highest BCUT2D eigenvalue weighted by Crippen LogP contribution is 2.23. The maximum absolute atomic E-state index is 9.02. The molecule has 0 spiro atoms. The molecular weight excluding hydrogens is 318 g/mol. The summed E-state index contributed by atoms with van der Waals surface area (Å²) < 4.78 is 0. The van der Waals surface area contributed by atoms with Gasteiger partial charge in [0.25, 0.3) is 0 Å². The van der Waals surface area contributed by atoms with Crippen LogP contribution >= 0.6 is 0 Å². The first kappa shape index (κ1) is 18.6. The molecule has 0 saturated carbocycles. The van der Waals surface area contributed by atoms with Gasteiger partial charge in [0.1, 0.15) is 0 Å². The van der Waals surface area contributed by atoms with Gasteiger partial charge in [-0.2, -0.15) is 5.26 Å². The summed E-state index contributed by atoms with van der Waals surface area (Å²) in [5.41, 5.74) is 4.67. The summed E-state index contributed by atoms with van der Waals surface area (Å²) in [5.74, 6) is 1.58. The lowest BCUT2D eigenvalue weighted by Gasteiger charge is -2.35. The highest BCUT2D eigenvalue weighted by atomic mass is 15.1. The minimum atomic E-state index is 0.720. The number of hydrogen-bond acceptors (Lipinski definition) is 3. The molecule has 136 valence electrons. The molecule has 1 aliphatic heterocycles. The first-order chi connectivity index (χ1) is 12.6. The second-order valence-corrected chi connectivity index (χ2v) is 7.82. The third-order valence-corrected chi connectivity index (χ3v) is 5.16. The van der Waals surface area contributed by atoms with Crippen LogP contribution in [0.15, 0.2) is 48.5 Å². The predicted molar refractivity (Wildman–Crippen MR) is 106 cm³/mol. The molecule has 1 fully saturated rings. The van der Waals surface area contributed by atoms with E-state index < -0.39 is 0 Å². The molecule has 26 heavy (non-hydrogen) atoms. The van der Waals surface area contributed by atoms with E-state index in [-0.39, 0.29) is 0 Å². The van der Waals surface area contributed by atoms with Crippen molar-refractivity contribution in [2.45, 2.75) is 39.9 Å². The summed E-state index contributed by atoms with van der Waals surface area (Å²) in [6.07, 6.45) is 1.35. The van der Waals surface area contributed by atoms with E-state index in [0.29, 0.717) is 0 Å². The summed E-state index contributed by atoms with van der Waals surface area (Å²) in [7, 11) is 0. The number of rotatable bonds is 6. The van der Waals surface area contributed by atoms with Crippen LogP contribution in [-0.4, -0.2) is 18.0 Å². The fraction of sp³-hybridized carbons (Fsp3) is 0.435. The molecule has 3 nitrogen and oxygen atoms in total. The highest BCUT2D eigenvalue weighted by Gasteiger charge is 2.22. The summed E-state index contributed by atoms with van der Waals surface area (Å²) in [4.78, 5) is 2.61. The zero-order chi connectivity index (χ0) is 18.4. The van der Waals surface area contributed by atoms with Crippen molar-refractivity contribution in [3.8, 4) is 6.07 Å². The number of hydrogen-bond donors (Lipinski definition) is 1. The summed E-state index contributed by atoms with van der Waals surface area (Å²) >= 11 is 0. The van der Waals surface area contributed by atoms with Crippen molar-refractivity contribution in [3.63, 3.8) is 0 Å². The van der Waals surface area contributed by atoms with Crippen LogP contribution in [-0.2, 0) is 19.6 Å². The molecule has 2 aromatic rings. The summed E-state index contributed by atoms with van der Waals surface area (Å²) in [6, 6.07) is 18.8. The minimum Gasteiger partial charge on any atom is -0.309 e. The molecule has 3 heteroatoms. The number of benzene rings is 2. The van der Waals surface area contributed by atoms with E-state index in [2.05, 4.69) is 60.5 Å². The standard InChI is InChI=1S/C23H29N3/c1-18-10-19(2)16-26(15-18)17-23-9-4-3-8-22(23)14-25-13-21-7-5-6-20(11-21)12-24/h3-9,11,18-19,25H,10,13-17H2,1-2H3. The zero-order valence-corrected chi connectivity index (χ0v) is 15.9. The molecule has 0 amide bonds. The number of likely N-dealkylation sites (tertiary alicyclic amines) is 1. The van der Waals surface area contributed by atoms with Crippen LogP contribution in [0.2, 0.25) is 0 Å². The Morgan fingerprint density at radius 2 is 1.73 bits per heavy atom. The van der Waals surface area contributed by atoms with E-state index in [1.807, 2.05) is 18.2 Å². The van der Waals surface area contributed by atoms with Crippen molar-refractivity contribution in [1.29, 1.82) is 5.26 Å². The molecule has 2 aromatic carbocycles. The first-order valence-electron chi connectivity index (χ1n) is 9.63. The number of nitriles is 1. The lowest BCUT2D eigenvalue weighted by Crippen LogP contribution is -2.38. The minimum absolute atomic E-state index is 0.720. The summed E-state index contributed by atoms with van der Waals surface area (Å²) in [6.45, 7) is 9.81. The van der Waals surface area contributed by atoms with Crippen molar-refractivity contribution in [1.82, 2.24) is 10.2 Å². The van der Waals surface area contributed by atoms with Crippen molar-refractivity contribution < 1.29 is 0 Å². The number of piperidine rings is 1. The fourth-order valence-corrected chi connectivity index (χ4v) is 4.14. The molecule has 1 aliphatic rings. The average molecular weight is 348 g/mol. The summed E-state index contributed by atoms with van der Waals surface area (Å²) in [5, 5.41) is 12.6. The molecule has 1 saturated heterocycles. The Hall–Kier alpha value is -2.15. The maximum atomic E-state index is 9.02. The Morgan fingerprint density at radius 3 is 2.46 bits per heavy atom. The van der Waals surface area contributed by atoms with Gasteiger partial charge in [0.15, 0.2) is 0 Å². The Labute approximate surface area is 157 Å². The lowest BCUT2D eigenvalue weighted by molar-refractivity contribution is 0.134. The van der Waals surface area contributed by atoms with Crippen molar-refractivity contribution in [2.75, 3.05) is 13.1 Å². The Balaban J connectivity index is 1.59. The predicted octanol–water partition coefficient (Wildman–Crippen LogP) is 4.33. The number of nitrogens with zero attached hydrogens (tertiary/aromatic N) is 2. The zero-order valence-electron chi connectivity index (χ0n) is 15.9. The van der Waals surface area contributed by atoms with Gasteiger partial charge in [0, 0.05) is 32.7 Å². The van der Waals surface area contributed by atoms with Crippen LogP contribution in [0, 0.1) is 23.2 Å². The molecule has 1 heterocycles. The highest BCUT2D eigenvalue weighted by molar-refractivity contribution is 5.33. The van der Waals surface area contributed by atoms with E-state index in [9.17, 15) is 0 Å². The normalized spacial score (nSPS) is 20.7. The Kier molecular flexibility index (Phi) is 6.44. The maximum Gasteiger partial charge on any atom is 0.0991 e. The second-order valence-electron chi connectivity index (χ2n) is 7.82. The van der Waals surface area contributed by atoms with Crippen LogP contribution in [0.1, 0.15) is 42.5 Å². The van der Waals surface area contributed by atoms with Crippen LogP contribution in [0.4, 0.5) is 0 Å². The third kappa shape index (κ3) is 5.17. The SMILES string of the molecule is CC1CC(C)CN(Cc2ccccc2CNCc2cccc(C#N)c2)C1. The van der Waals surface area contributed by atoms with Gasteiger partial charge in [-0.05, 0) is 47.1 Å². The van der Waals surface area contributed by atoms with Crippen LogP contribution < -0.4 is 5.32 Å². The quantitative estimate of drug-likeness (QED) is 0.845. The lowest BCUT2D eigenvalue weighted by atomic mass is 9.91. The van der Waals surface area contributed by atoms with Gasteiger partial charge in [0.2, 0.25) is 0 Å². The molecule has 0 aromatic heterocycles. The topological polar surface area (TPSA) is 39.1 Å². The van der Waals surface area contributed by atoms with Gasteiger partial charge in [-0.15, -0.1) is 0 Å². The fourth-order valence-electron chi connectivity index (χ4n) is 4.14. The third-order valence-electron chi connectivity index (χ3n) is 5.16. The van der Waals surface area contributed by atoms with Gasteiger partial charge >= 0.3 is 0 Å². The monoisotopic (exact) mass is 347 g/mol. The molecule has 0 bridgehead atoms. The van der Waals surface area contributed by atoms with Gasteiger partial charge in [-0.1, -0.05) is 50.2 Å². The molecule has 2 unspecified atom stereocenters. The Morgan fingerprint density at radius 1 is 1.00 bits per heavy atom. The van der Waals surface area contributed by atoms with Gasteiger partial charge in [-0.25, -0.2) is 0 Å². The van der Waals surface area contributed by atoms with E-state index >= 15 is 0 Å². The molecule has 3 rings (SSSR count). The van der Waals surface area contributed by atoms with Crippen molar-refractivity contribution in [2.24, 2.45) is 11.8 Å². The van der Waals surface area contributed by atoms with E-state index in [1.54, 1.807) is 0 Å².